The monoisotopic (exact) mass is 312 g/mol. The van der Waals surface area contributed by atoms with E-state index < -0.39 is 0 Å². The van der Waals surface area contributed by atoms with Gasteiger partial charge in [0.1, 0.15) is 5.15 Å². The Kier molecular flexibility index (Phi) is 3.89. The average molecular weight is 314 g/mol. The fourth-order valence-electron chi connectivity index (χ4n) is 1.81. The Morgan fingerprint density at radius 1 is 1.35 bits per heavy atom. The first kappa shape index (κ1) is 12.7. The first-order valence-corrected chi connectivity index (χ1v) is 6.75. The van der Waals surface area contributed by atoms with Crippen LogP contribution in [0.25, 0.3) is 0 Å². The molecule has 0 aliphatic carbocycles. The summed E-state index contributed by atoms with van der Waals surface area (Å²) in [6.07, 6.45) is 0.911. The summed E-state index contributed by atoms with van der Waals surface area (Å²) in [5.74, 6) is 0. The Bertz CT molecular complexity index is 534. The minimum Gasteiger partial charge on any atom is -0.249 e. The van der Waals surface area contributed by atoms with E-state index in [2.05, 4.69) is 34.0 Å². The Balaban J connectivity index is 2.34. The summed E-state index contributed by atoms with van der Waals surface area (Å²) in [7, 11) is 0. The molecule has 0 amide bonds. The van der Waals surface area contributed by atoms with Crippen LogP contribution < -0.4 is 0 Å². The fraction of sp³-hybridized carbons (Fsp3) is 0.308. The van der Waals surface area contributed by atoms with Gasteiger partial charge in [0, 0.05) is 10.0 Å². The van der Waals surface area contributed by atoms with E-state index in [1.54, 1.807) is 0 Å². The van der Waals surface area contributed by atoms with Gasteiger partial charge in [-0.15, -0.1) is 0 Å². The van der Waals surface area contributed by atoms with Crippen LogP contribution in [-0.4, -0.2) is 9.78 Å². The molecule has 0 bridgehead atoms. The number of halogens is 2. The van der Waals surface area contributed by atoms with Crippen LogP contribution in [0.2, 0.25) is 5.15 Å². The molecule has 1 aromatic carbocycles. The zero-order chi connectivity index (χ0) is 12.4. The molecule has 0 aliphatic rings. The van der Waals surface area contributed by atoms with Gasteiger partial charge >= 0.3 is 0 Å². The minimum absolute atomic E-state index is 0.696. The van der Waals surface area contributed by atoms with Crippen molar-refractivity contribution in [2.24, 2.45) is 0 Å². The van der Waals surface area contributed by atoms with Crippen LogP contribution in [0.4, 0.5) is 0 Å². The highest BCUT2D eigenvalue weighted by molar-refractivity contribution is 9.10. The van der Waals surface area contributed by atoms with Crippen molar-refractivity contribution in [3.8, 4) is 0 Å². The Morgan fingerprint density at radius 3 is 2.65 bits per heavy atom. The largest absolute Gasteiger partial charge is 0.249 e. The topological polar surface area (TPSA) is 17.8 Å². The first-order chi connectivity index (χ1) is 8.13. The lowest BCUT2D eigenvalue weighted by molar-refractivity contribution is 0.672. The molecule has 1 heterocycles. The van der Waals surface area contributed by atoms with E-state index in [-0.39, 0.29) is 0 Å². The predicted molar refractivity (Wildman–Crippen MR) is 74.6 cm³/mol. The number of hydrogen-bond acceptors (Lipinski definition) is 1. The van der Waals surface area contributed by atoms with Crippen LogP contribution in [0, 0.1) is 6.92 Å². The second-order valence-corrected chi connectivity index (χ2v) is 5.18. The highest BCUT2D eigenvalue weighted by Gasteiger charge is 2.11. The summed E-state index contributed by atoms with van der Waals surface area (Å²) >= 11 is 9.82. The molecular weight excluding hydrogens is 300 g/mol. The zero-order valence-electron chi connectivity index (χ0n) is 9.87. The van der Waals surface area contributed by atoms with Crippen LogP contribution in [0.1, 0.15) is 23.7 Å². The van der Waals surface area contributed by atoms with E-state index in [0.29, 0.717) is 6.54 Å². The number of aromatic nitrogens is 2. The number of nitrogens with zero attached hydrogens (tertiary/aromatic N) is 2. The van der Waals surface area contributed by atoms with Gasteiger partial charge in [0.25, 0.3) is 0 Å². The number of aryl methyl sites for hydroxylation is 1. The molecular formula is C13H14BrClN2. The molecule has 0 radical (unpaired) electrons. The Morgan fingerprint density at radius 2 is 2.06 bits per heavy atom. The van der Waals surface area contributed by atoms with Gasteiger partial charge in [-0.25, -0.2) is 4.68 Å². The average Bonchev–Trinajstić information content (AvgIpc) is 2.60. The zero-order valence-corrected chi connectivity index (χ0v) is 12.2. The maximum atomic E-state index is 6.28. The van der Waals surface area contributed by atoms with Crippen molar-refractivity contribution in [2.75, 3.05) is 0 Å². The summed E-state index contributed by atoms with van der Waals surface area (Å²) in [4.78, 5) is 0. The molecule has 0 spiro atoms. The quantitative estimate of drug-likeness (QED) is 0.829. The number of benzene rings is 1. The van der Waals surface area contributed by atoms with Crippen molar-refractivity contribution in [1.82, 2.24) is 9.78 Å². The summed E-state index contributed by atoms with van der Waals surface area (Å²) in [6.45, 7) is 4.81. The van der Waals surface area contributed by atoms with Crippen molar-refractivity contribution in [3.63, 3.8) is 0 Å². The predicted octanol–water partition coefficient (Wildman–Crippen LogP) is 4.22. The molecule has 0 fully saturated rings. The van der Waals surface area contributed by atoms with E-state index in [1.807, 2.05) is 29.8 Å². The third kappa shape index (κ3) is 2.55. The lowest BCUT2D eigenvalue weighted by Crippen LogP contribution is -2.03. The molecule has 2 rings (SSSR count). The molecule has 0 atom stereocenters. The molecule has 1 aromatic heterocycles. The highest BCUT2D eigenvalue weighted by atomic mass is 79.9. The number of hydrogen-bond donors (Lipinski definition) is 0. The maximum absolute atomic E-state index is 6.28. The first-order valence-electron chi connectivity index (χ1n) is 5.58. The summed E-state index contributed by atoms with van der Waals surface area (Å²) in [6, 6.07) is 8.12. The van der Waals surface area contributed by atoms with Crippen LogP contribution in [0.5, 0.6) is 0 Å². The van der Waals surface area contributed by atoms with Gasteiger partial charge in [-0.3, -0.25) is 0 Å². The molecule has 0 aliphatic heterocycles. The standard InChI is InChI=1S/C13H14BrClN2/c1-3-12-9(2)13(15)17(16-12)8-10-6-4-5-7-11(10)14/h4-7H,3,8H2,1-2H3. The van der Waals surface area contributed by atoms with Crippen LogP contribution >= 0.6 is 27.5 Å². The van der Waals surface area contributed by atoms with Gasteiger partial charge in [-0.05, 0) is 25.0 Å². The van der Waals surface area contributed by atoms with Crippen molar-refractivity contribution in [2.45, 2.75) is 26.8 Å². The van der Waals surface area contributed by atoms with Gasteiger partial charge in [0.05, 0.1) is 12.2 Å². The van der Waals surface area contributed by atoms with Crippen molar-refractivity contribution in [3.05, 3.63) is 50.7 Å². The molecule has 0 N–H and O–H groups in total. The van der Waals surface area contributed by atoms with E-state index in [1.165, 1.54) is 5.56 Å². The molecule has 0 unspecified atom stereocenters. The van der Waals surface area contributed by atoms with Gasteiger partial charge in [0.2, 0.25) is 0 Å². The maximum Gasteiger partial charge on any atom is 0.130 e. The van der Waals surface area contributed by atoms with Crippen molar-refractivity contribution in [1.29, 1.82) is 0 Å². The Hall–Kier alpha value is -0.800. The molecule has 0 saturated carbocycles. The van der Waals surface area contributed by atoms with Crippen molar-refractivity contribution < 1.29 is 0 Å². The van der Waals surface area contributed by atoms with E-state index in [0.717, 1.165) is 27.3 Å². The summed E-state index contributed by atoms with van der Waals surface area (Å²) in [5, 5.41) is 5.26. The van der Waals surface area contributed by atoms with Gasteiger partial charge in [-0.1, -0.05) is 52.7 Å². The van der Waals surface area contributed by atoms with Gasteiger partial charge < -0.3 is 0 Å². The van der Waals surface area contributed by atoms with Crippen LogP contribution in [-0.2, 0) is 13.0 Å². The molecule has 90 valence electrons. The van der Waals surface area contributed by atoms with Crippen LogP contribution in [0.3, 0.4) is 0 Å². The lowest BCUT2D eigenvalue weighted by atomic mass is 10.2. The second-order valence-electron chi connectivity index (χ2n) is 3.97. The minimum atomic E-state index is 0.696. The van der Waals surface area contributed by atoms with E-state index in [4.69, 9.17) is 11.6 Å². The summed E-state index contributed by atoms with van der Waals surface area (Å²) < 4.78 is 2.94. The van der Waals surface area contributed by atoms with Crippen molar-refractivity contribution >= 4 is 27.5 Å². The van der Waals surface area contributed by atoms with Gasteiger partial charge in [0.15, 0.2) is 0 Å². The molecule has 17 heavy (non-hydrogen) atoms. The second kappa shape index (κ2) is 5.23. The molecule has 2 aromatic rings. The van der Waals surface area contributed by atoms with E-state index >= 15 is 0 Å². The van der Waals surface area contributed by atoms with Gasteiger partial charge in [-0.2, -0.15) is 5.10 Å². The molecule has 2 nitrogen and oxygen atoms in total. The molecule has 0 saturated heterocycles. The Labute approximate surface area is 115 Å². The third-order valence-corrected chi connectivity index (χ3v) is 4.08. The lowest BCUT2D eigenvalue weighted by Gasteiger charge is -2.05. The third-order valence-electron chi connectivity index (χ3n) is 2.82. The summed E-state index contributed by atoms with van der Waals surface area (Å²) in [5.41, 5.74) is 3.34. The number of rotatable bonds is 3. The van der Waals surface area contributed by atoms with E-state index in [9.17, 15) is 0 Å². The highest BCUT2D eigenvalue weighted by Crippen LogP contribution is 2.23. The normalized spacial score (nSPS) is 10.8. The molecule has 4 heteroatoms. The SMILES string of the molecule is CCc1nn(Cc2ccccc2Br)c(Cl)c1C. The fourth-order valence-corrected chi connectivity index (χ4v) is 2.42. The van der Waals surface area contributed by atoms with Crippen LogP contribution in [0.15, 0.2) is 28.7 Å². The smallest absolute Gasteiger partial charge is 0.130 e.